The number of nitrogens with one attached hydrogen (secondary N) is 9. The first-order chi connectivity index (χ1) is 38.9. The summed E-state index contributed by atoms with van der Waals surface area (Å²) in [5.74, 6) is -11.1. The quantitative estimate of drug-likeness (QED) is 0.0264. The molecule has 4 aromatic carbocycles. The lowest BCUT2D eigenvalue weighted by molar-refractivity contribution is -0.142. The molecule has 0 unspecified atom stereocenters. The number of nitrogens with zero attached hydrogens (tertiary/aromatic N) is 2. The van der Waals surface area contributed by atoms with Gasteiger partial charge in [0.15, 0.2) is 0 Å². The fraction of sp³-hybridized carbons (Fsp3) is 0.286. The molecule has 2 aromatic heterocycles. The van der Waals surface area contributed by atoms with Crippen LogP contribution in [0.25, 0.3) is 0 Å². The number of benzene rings is 4. The van der Waals surface area contributed by atoms with Crippen LogP contribution < -0.4 is 43.0 Å². The minimum atomic E-state index is -1.91. The first-order valence-corrected chi connectivity index (χ1v) is 25.6. The van der Waals surface area contributed by atoms with Gasteiger partial charge in [0.1, 0.15) is 42.3 Å². The van der Waals surface area contributed by atoms with E-state index in [0.717, 1.165) is 0 Å². The molecule has 0 radical (unpaired) electrons. The van der Waals surface area contributed by atoms with Gasteiger partial charge in [0, 0.05) is 62.3 Å². The van der Waals surface area contributed by atoms with Crippen molar-refractivity contribution in [2.75, 3.05) is 0 Å². The molecule has 14 N–H and O–H groups in total. The number of hydrogen-bond donors (Lipinski definition) is 13. The Balaban J connectivity index is 1.25. The molecule has 7 amide bonds. The lowest BCUT2D eigenvalue weighted by Gasteiger charge is -2.28. The van der Waals surface area contributed by atoms with Gasteiger partial charge in [-0.1, -0.05) is 121 Å². The summed E-state index contributed by atoms with van der Waals surface area (Å²) in [4.78, 5) is 149. The number of rotatable bonds is 31. The van der Waals surface area contributed by atoms with Crippen LogP contribution in [0.2, 0.25) is 0 Å². The predicted molar refractivity (Wildman–Crippen MR) is 289 cm³/mol. The Bertz CT molecular complexity index is 3060. The van der Waals surface area contributed by atoms with Crippen LogP contribution in [-0.4, -0.2) is 143 Å². The number of nitrogens with two attached hydrogens (primary N) is 1. The van der Waals surface area contributed by atoms with Gasteiger partial charge in [-0.15, -0.1) is 0 Å². The third kappa shape index (κ3) is 19.7. The van der Waals surface area contributed by atoms with Crippen LogP contribution in [-0.2, 0) is 86.5 Å². The van der Waals surface area contributed by atoms with Crippen LogP contribution in [0.15, 0.2) is 146 Å². The lowest BCUT2D eigenvalue weighted by atomic mass is 10.0. The van der Waals surface area contributed by atoms with Crippen LogP contribution in [0, 0.1) is 0 Å². The smallest absolute Gasteiger partial charge is 0.326 e. The molecule has 25 nitrogen and oxygen atoms in total. The van der Waals surface area contributed by atoms with Gasteiger partial charge in [0.05, 0.1) is 31.5 Å². The average Bonchev–Trinajstić information content (AvgIpc) is 4.22. The maximum Gasteiger partial charge on any atom is 0.326 e. The molecule has 0 bridgehead atoms. The van der Waals surface area contributed by atoms with E-state index < -0.39 is 120 Å². The van der Waals surface area contributed by atoms with Crippen LogP contribution in [0.5, 0.6) is 0 Å². The van der Waals surface area contributed by atoms with Gasteiger partial charge >= 0.3 is 17.9 Å². The maximum absolute atomic E-state index is 14.6. The predicted octanol–water partition coefficient (Wildman–Crippen LogP) is -0.356. The van der Waals surface area contributed by atoms with Crippen molar-refractivity contribution >= 4 is 59.3 Å². The molecule has 0 aliphatic rings. The van der Waals surface area contributed by atoms with Crippen molar-refractivity contribution in [3.8, 4) is 0 Å². The van der Waals surface area contributed by atoms with E-state index in [0.29, 0.717) is 33.6 Å². The molecular weight excluding hydrogens is 1050 g/mol. The number of carbonyl (C=O) groups is 10. The normalized spacial score (nSPS) is 13.9. The van der Waals surface area contributed by atoms with Crippen LogP contribution in [0.3, 0.4) is 0 Å². The monoisotopic (exact) mass is 1110 g/mol. The molecule has 0 fully saturated rings. The average molecular weight is 1110 g/mol. The van der Waals surface area contributed by atoms with Crippen molar-refractivity contribution in [2.24, 2.45) is 5.73 Å². The van der Waals surface area contributed by atoms with Gasteiger partial charge < -0.3 is 68.2 Å². The molecule has 8 atom stereocenters. The van der Waals surface area contributed by atoms with E-state index >= 15 is 0 Å². The SMILES string of the molecule is N[C@@H](CC(=O)O)C(=O)N[C@@H](Cc1ccccc1)C(=O)N[C@@H](Cc1cnc[nH]1)C(=O)N[C@@H](Cc1ccccc1)C(=O)N[C@@H](CC(=O)O)C(=O)N[C@@H](Cc1ccccc1)C(=O)N[C@@H](Cc1cnc[nH]1)C(=O)N[C@@H](Cc1ccccc1)C(=O)O. The fourth-order valence-corrected chi connectivity index (χ4v) is 8.46. The molecule has 6 rings (SSSR count). The molecule has 25 heteroatoms. The summed E-state index contributed by atoms with van der Waals surface area (Å²) >= 11 is 0. The summed E-state index contributed by atoms with van der Waals surface area (Å²) in [6.07, 6.45) is 2.49. The molecule has 0 aliphatic carbocycles. The number of hydrogen-bond acceptors (Lipinski definition) is 13. The Hall–Kier alpha value is -10.0. The fourth-order valence-electron chi connectivity index (χ4n) is 8.46. The number of carbonyl (C=O) groups excluding carboxylic acids is 7. The molecule has 2 heterocycles. The van der Waals surface area contributed by atoms with Crippen LogP contribution >= 0.6 is 0 Å². The number of aromatic nitrogens is 4. The van der Waals surface area contributed by atoms with E-state index in [4.69, 9.17) is 5.73 Å². The van der Waals surface area contributed by atoms with Gasteiger partial charge in [0.25, 0.3) is 0 Å². The number of amides is 7. The highest BCUT2D eigenvalue weighted by atomic mass is 16.4. The van der Waals surface area contributed by atoms with E-state index in [1.54, 1.807) is 121 Å². The van der Waals surface area contributed by atoms with E-state index in [-0.39, 0.29) is 38.5 Å². The van der Waals surface area contributed by atoms with Crippen LogP contribution in [0.1, 0.15) is 46.5 Å². The van der Waals surface area contributed by atoms with Gasteiger partial charge in [-0.05, 0) is 22.3 Å². The van der Waals surface area contributed by atoms with E-state index in [1.165, 1.54) is 25.0 Å². The van der Waals surface area contributed by atoms with Crippen molar-refractivity contribution in [3.63, 3.8) is 0 Å². The molecule has 6 aromatic rings. The zero-order valence-corrected chi connectivity index (χ0v) is 43.5. The summed E-state index contributed by atoms with van der Waals surface area (Å²) < 4.78 is 0. The highest BCUT2D eigenvalue weighted by Crippen LogP contribution is 2.12. The topological polar surface area (TPSA) is 399 Å². The summed E-state index contributed by atoms with van der Waals surface area (Å²) in [6, 6.07) is 21.2. The number of carboxylic acid groups (broad SMARTS) is 3. The van der Waals surface area contributed by atoms with E-state index in [1.807, 2.05) is 0 Å². The number of imidazole rings is 2. The second kappa shape index (κ2) is 30.2. The molecule has 81 heavy (non-hydrogen) atoms. The Morgan fingerprint density at radius 2 is 0.642 bits per heavy atom. The van der Waals surface area contributed by atoms with Crippen molar-refractivity contribution in [2.45, 2.75) is 99.7 Å². The zero-order chi connectivity index (χ0) is 58.3. The van der Waals surface area contributed by atoms with Crippen molar-refractivity contribution < 1.29 is 63.3 Å². The minimum absolute atomic E-state index is 0.0977. The molecule has 0 saturated heterocycles. The van der Waals surface area contributed by atoms with Crippen LogP contribution in [0.4, 0.5) is 0 Å². The summed E-state index contributed by atoms with van der Waals surface area (Å²) in [6.45, 7) is 0. The van der Waals surface area contributed by atoms with Crippen molar-refractivity contribution in [1.29, 1.82) is 0 Å². The number of aromatic amines is 2. The van der Waals surface area contributed by atoms with Gasteiger partial charge in [-0.3, -0.25) is 43.2 Å². The third-order valence-corrected chi connectivity index (χ3v) is 12.6. The maximum atomic E-state index is 14.6. The summed E-state index contributed by atoms with van der Waals surface area (Å²) in [5, 5.41) is 47.3. The second-order valence-corrected chi connectivity index (χ2v) is 18.9. The highest BCUT2D eigenvalue weighted by Gasteiger charge is 2.36. The number of aliphatic carboxylic acids is 3. The van der Waals surface area contributed by atoms with Crippen molar-refractivity contribution in [3.05, 3.63) is 180 Å². The molecule has 0 spiro atoms. The van der Waals surface area contributed by atoms with Crippen molar-refractivity contribution in [1.82, 2.24) is 57.2 Å². The lowest BCUT2D eigenvalue weighted by Crippen LogP contribution is -2.61. The first kappa shape index (κ1) is 60.2. The zero-order valence-electron chi connectivity index (χ0n) is 43.5. The van der Waals surface area contributed by atoms with Gasteiger partial charge in [-0.25, -0.2) is 14.8 Å². The molecule has 424 valence electrons. The molecule has 0 saturated carbocycles. The summed E-state index contributed by atoms with van der Waals surface area (Å²) in [7, 11) is 0. The largest absolute Gasteiger partial charge is 0.481 e. The number of carboxylic acids is 3. The standard InChI is InChI=1S/C56H62N12O13/c57-39(27-47(69)70)49(73)62-40(21-33-13-5-1-6-14-33)50(74)65-43(25-37-29-58-31-60-37)53(77)63-42(23-35-17-9-3-10-18-35)52(76)67-45(28-48(71)72)55(79)64-41(22-34-15-7-2-8-16-34)51(75)66-44(26-38-30-59-32-61-38)54(78)68-46(56(80)81)24-36-19-11-4-12-20-36/h1-20,29-32,39-46H,21-28,57H2,(H,58,60)(H,59,61)(H,62,73)(H,63,77)(H,64,79)(H,65,74)(H,66,75)(H,67,76)(H,68,78)(H,69,70)(H,71,72)(H,80,81)/t39-,40-,41-,42-,43-,44-,45-,46-/m0/s1. The minimum Gasteiger partial charge on any atom is -0.481 e. The number of H-pyrrole nitrogens is 2. The first-order valence-electron chi connectivity index (χ1n) is 25.6. The Morgan fingerprint density at radius 1 is 0.370 bits per heavy atom. The van der Waals surface area contributed by atoms with E-state index in [9.17, 15) is 63.3 Å². The Morgan fingerprint density at radius 3 is 0.938 bits per heavy atom. The second-order valence-electron chi connectivity index (χ2n) is 18.9. The van der Waals surface area contributed by atoms with E-state index in [2.05, 4.69) is 57.2 Å². The molecule has 0 aliphatic heterocycles. The van der Waals surface area contributed by atoms with Gasteiger partial charge in [-0.2, -0.15) is 0 Å². The third-order valence-electron chi connectivity index (χ3n) is 12.6. The molecular formula is C56H62N12O13. The Labute approximate surface area is 463 Å². The Kier molecular flexibility index (Phi) is 22.4. The highest BCUT2D eigenvalue weighted by molar-refractivity contribution is 5.99. The van der Waals surface area contributed by atoms with Gasteiger partial charge in [0.2, 0.25) is 41.4 Å². The summed E-state index contributed by atoms with van der Waals surface area (Å²) in [5.41, 5.74) is 8.75.